The highest BCUT2D eigenvalue weighted by Gasteiger charge is 2.15. The minimum Gasteiger partial charge on any atom is -0.496 e. The summed E-state index contributed by atoms with van der Waals surface area (Å²) >= 11 is 0. The first-order valence-corrected chi connectivity index (χ1v) is 8.37. The molecule has 0 fully saturated rings. The Hall–Kier alpha value is -2.83. The summed E-state index contributed by atoms with van der Waals surface area (Å²) in [6, 6.07) is 3.73. The number of carbonyl (C=O) groups excluding carboxylic acids is 2. The van der Waals surface area contributed by atoms with Crippen molar-refractivity contribution in [3.63, 3.8) is 0 Å². The van der Waals surface area contributed by atoms with Gasteiger partial charge in [0.1, 0.15) is 11.4 Å². The molecule has 0 aliphatic heterocycles. The van der Waals surface area contributed by atoms with Crippen molar-refractivity contribution >= 4 is 12.4 Å². The molecule has 0 bridgehead atoms. The van der Waals surface area contributed by atoms with Gasteiger partial charge in [-0.1, -0.05) is 0 Å². The highest BCUT2D eigenvalue weighted by molar-refractivity contribution is 5.84. The van der Waals surface area contributed by atoms with Gasteiger partial charge in [0, 0.05) is 18.3 Å². The van der Waals surface area contributed by atoms with E-state index in [0.29, 0.717) is 24.4 Å². The van der Waals surface area contributed by atoms with Crippen LogP contribution < -0.4 is 10.1 Å². The number of aldehydes is 1. The Morgan fingerprint density at radius 2 is 2.04 bits per heavy atom. The number of hydrogen-bond donors (Lipinski definition) is 1. The molecule has 1 amide bonds. The number of hydrogen-bond acceptors (Lipinski definition) is 5. The van der Waals surface area contributed by atoms with Crippen LogP contribution in [0.15, 0.2) is 24.5 Å². The van der Waals surface area contributed by atoms with Crippen LogP contribution in [0.4, 0.5) is 4.79 Å². The van der Waals surface area contributed by atoms with E-state index >= 15 is 0 Å². The fourth-order valence-corrected chi connectivity index (χ4v) is 2.56. The molecular weight excluding hydrogens is 334 g/mol. The van der Waals surface area contributed by atoms with Crippen LogP contribution in [0.25, 0.3) is 11.1 Å². The van der Waals surface area contributed by atoms with Gasteiger partial charge in [-0.3, -0.25) is 9.48 Å². The van der Waals surface area contributed by atoms with Crippen LogP contribution in [0.3, 0.4) is 0 Å². The molecule has 1 aromatic heterocycles. The van der Waals surface area contributed by atoms with Gasteiger partial charge in [0.15, 0.2) is 6.29 Å². The number of carbonyl (C=O) groups is 2. The third-order valence-electron chi connectivity index (χ3n) is 3.61. The van der Waals surface area contributed by atoms with Gasteiger partial charge in [0.25, 0.3) is 0 Å². The monoisotopic (exact) mass is 359 g/mol. The van der Waals surface area contributed by atoms with Gasteiger partial charge >= 0.3 is 6.09 Å². The lowest BCUT2D eigenvalue weighted by atomic mass is 10.0. The molecule has 0 radical (unpaired) electrons. The number of methoxy groups -OCH3 is 1. The molecule has 1 heterocycles. The zero-order valence-electron chi connectivity index (χ0n) is 15.8. The molecule has 1 aromatic carbocycles. The van der Waals surface area contributed by atoms with Crippen molar-refractivity contribution in [3.8, 4) is 16.9 Å². The summed E-state index contributed by atoms with van der Waals surface area (Å²) in [6.45, 7) is 8.25. The van der Waals surface area contributed by atoms with Gasteiger partial charge in [-0.05, 0) is 51.0 Å². The van der Waals surface area contributed by atoms with Gasteiger partial charge in [-0.15, -0.1) is 0 Å². The van der Waals surface area contributed by atoms with Crippen LogP contribution in [0, 0.1) is 6.92 Å². The van der Waals surface area contributed by atoms with Crippen LogP contribution in [-0.4, -0.2) is 41.4 Å². The Labute approximate surface area is 153 Å². The largest absolute Gasteiger partial charge is 0.496 e. The van der Waals surface area contributed by atoms with E-state index in [1.54, 1.807) is 24.1 Å². The van der Waals surface area contributed by atoms with E-state index in [1.165, 1.54) is 0 Å². The molecule has 0 spiro atoms. The molecule has 0 saturated heterocycles. The SMILES string of the molecule is COc1c(C)cc(-c2cnn(CCNC(=O)OC(C)(C)C)c2)cc1C=O. The molecule has 2 aromatic rings. The van der Waals surface area contributed by atoms with E-state index < -0.39 is 11.7 Å². The van der Waals surface area contributed by atoms with Crippen molar-refractivity contribution in [2.24, 2.45) is 0 Å². The Balaban J connectivity index is 2.03. The molecular formula is C19H25N3O4. The summed E-state index contributed by atoms with van der Waals surface area (Å²) in [5.41, 5.74) is 2.63. The number of benzene rings is 1. The number of ether oxygens (including phenoxy) is 2. The van der Waals surface area contributed by atoms with E-state index in [4.69, 9.17) is 9.47 Å². The lowest BCUT2D eigenvalue weighted by Gasteiger charge is -2.19. The summed E-state index contributed by atoms with van der Waals surface area (Å²) in [4.78, 5) is 22.9. The van der Waals surface area contributed by atoms with E-state index in [0.717, 1.165) is 23.0 Å². The molecule has 0 aliphatic carbocycles. The number of amides is 1. The number of nitrogens with zero attached hydrogens (tertiary/aromatic N) is 2. The van der Waals surface area contributed by atoms with Crippen molar-refractivity contribution in [2.45, 2.75) is 39.8 Å². The average Bonchev–Trinajstić information content (AvgIpc) is 3.01. The zero-order chi connectivity index (χ0) is 19.3. The van der Waals surface area contributed by atoms with Crippen molar-refractivity contribution in [1.29, 1.82) is 0 Å². The second-order valence-corrected chi connectivity index (χ2v) is 6.95. The molecule has 0 unspecified atom stereocenters. The minimum absolute atomic E-state index is 0.400. The van der Waals surface area contributed by atoms with Gasteiger partial charge in [-0.25, -0.2) is 4.79 Å². The Bertz CT molecular complexity index is 791. The van der Waals surface area contributed by atoms with Crippen molar-refractivity contribution < 1.29 is 19.1 Å². The average molecular weight is 359 g/mol. The van der Waals surface area contributed by atoms with E-state index in [9.17, 15) is 9.59 Å². The second-order valence-electron chi connectivity index (χ2n) is 6.95. The van der Waals surface area contributed by atoms with Crippen LogP contribution in [0.2, 0.25) is 0 Å². The second kappa shape index (κ2) is 8.03. The van der Waals surface area contributed by atoms with Crippen LogP contribution in [0.5, 0.6) is 5.75 Å². The van der Waals surface area contributed by atoms with Crippen LogP contribution in [-0.2, 0) is 11.3 Å². The molecule has 140 valence electrons. The molecule has 0 atom stereocenters. The predicted molar refractivity (Wildman–Crippen MR) is 98.6 cm³/mol. The van der Waals surface area contributed by atoms with Crippen molar-refractivity contribution in [1.82, 2.24) is 15.1 Å². The van der Waals surface area contributed by atoms with Crippen molar-refractivity contribution in [3.05, 3.63) is 35.7 Å². The third-order valence-corrected chi connectivity index (χ3v) is 3.61. The molecule has 1 N–H and O–H groups in total. The maximum Gasteiger partial charge on any atom is 0.407 e. The van der Waals surface area contributed by atoms with Gasteiger partial charge < -0.3 is 14.8 Å². The minimum atomic E-state index is -0.522. The summed E-state index contributed by atoms with van der Waals surface area (Å²) in [7, 11) is 1.55. The smallest absolute Gasteiger partial charge is 0.407 e. The fraction of sp³-hybridized carbons (Fsp3) is 0.421. The molecule has 26 heavy (non-hydrogen) atoms. The predicted octanol–water partition coefficient (Wildman–Crippen LogP) is 3.20. The van der Waals surface area contributed by atoms with Crippen molar-refractivity contribution in [2.75, 3.05) is 13.7 Å². The topological polar surface area (TPSA) is 82.4 Å². The van der Waals surface area contributed by atoms with Crippen LogP contribution in [0.1, 0.15) is 36.7 Å². The van der Waals surface area contributed by atoms with Gasteiger partial charge in [-0.2, -0.15) is 5.10 Å². The molecule has 7 heteroatoms. The highest BCUT2D eigenvalue weighted by atomic mass is 16.6. The normalized spacial score (nSPS) is 11.1. The molecule has 7 nitrogen and oxygen atoms in total. The number of aromatic nitrogens is 2. The number of nitrogens with one attached hydrogen (secondary N) is 1. The lowest BCUT2D eigenvalue weighted by molar-refractivity contribution is 0.0525. The van der Waals surface area contributed by atoms with Gasteiger partial charge in [0.2, 0.25) is 0 Å². The Kier molecular flexibility index (Phi) is 6.02. The first-order chi connectivity index (χ1) is 12.2. The van der Waals surface area contributed by atoms with E-state index in [1.807, 2.05) is 40.0 Å². The van der Waals surface area contributed by atoms with E-state index in [-0.39, 0.29) is 0 Å². The lowest BCUT2D eigenvalue weighted by Crippen LogP contribution is -2.34. The third kappa shape index (κ3) is 5.08. The standard InChI is InChI=1S/C19H25N3O4/c1-13-8-14(9-15(12-23)17(13)25-5)16-10-21-22(11-16)7-6-20-18(24)26-19(2,3)4/h8-12H,6-7H2,1-5H3,(H,20,24). The Morgan fingerprint density at radius 1 is 1.31 bits per heavy atom. The van der Waals surface area contributed by atoms with Crippen LogP contribution >= 0.6 is 0 Å². The zero-order valence-corrected chi connectivity index (χ0v) is 15.8. The van der Waals surface area contributed by atoms with E-state index in [2.05, 4.69) is 10.4 Å². The summed E-state index contributed by atoms with van der Waals surface area (Å²) in [5, 5.41) is 6.99. The summed E-state index contributed by atoms with van der Waals surface area (Å²) < 4.78 is 12.2. The van der Waals surface area contributed by atoms with Gasteiger partial charge in [0.05, 0.1) is 25.4 Å². The first kappa shape index (κ1) is 19.5. The number of aryl methyl sites for hydroxylation is 1. The summed E-state index contributed by atoms with van der Waals surface area (Å²) in [6.07, 6.45) is 3.92. The fourth-order valence-electron chi connectivity index (χ4n) is 2.56. The summed E-state index contributed by atoms with van der Waals surface area (Å²) in [5.74, 6) is 0.581. The quantitative estimate of drug-likeness (QED) is 0.801. The highest BCUT2D eigenvalue weighted by Crippen LogP contribution is 2.29. The maximum absolute atomic E-state index is 11.6. The maximum atomic E-state index is 11.6. The molecule has 2 rings (SSSR count). The Morgan fingerprint density at radius 3 is 2.65 bits per heavy atom. The number of alkyl carbamates (subject to hydrolysis) is 1. The molecule has 0 aliphatic rings. The number of rotatable bonds is 6. The molecule has 0 saturated carbocycles. The first-order valence-electron chi connectivity index (χ1n) is 8.37.